The predicted molar refractivity (Wildman–Crippen MR) is 75.7 cm³/mol. The molecule has 1 atom stereocenters. The highest BCUT2D eigenvalue weighted by Crippen LogP contribution is 2.21. The fourth-order valence-electron chi connectivity index (χ4n) is 3.28. The average molecular weight is 275 g/mol. The first-order valence-electron chi connectivity index (χ1n) is 7.38. The first kappa shape index (κ1) is 13.5. The van der Waals surface area contributed by atoms with Crippen molar-refractivity contribution in [3.05, 3.63) is 29.6 Å². The van der Waals surface area contributed by atoms with Gasteiger partial charge in [0.1, 0.15) is 5.69 Å². The molecule has 0 aliphatic carbocycles. The Labute approximate surface area is 119 Å². The number of pyridine rings is 1. The van der Waals surface area contributed by atoms with Gasteiger partial charge in [0.25, 0.3) is 0 Å². The Balaban J connectivity index is 1.63. The highest BCUT2D eigenvalue weighted by molar-refractivity contribution is 5.85. The van der Waals surface area contributed by atoms with Crippen LogP contribution in [0.3, 0.4) is 0 Å². The minimum atomic E-state index is -0.955. The molecule has 0 bridgehead atoms. The van der Waals surface area contributed by atoms with Gasteiger partial charge in [-0.25, -0.2) is 9.78 Å². The Morgan fingerprint density at radius 1 is 1.30 bits per heavy atom. The molecule has 3 heterocycles. The quantitative estimate of drug-likeness (QED) is 0.905. The van der Waals surface area contributed by atoms with Gasteiger partial charge in [0.15, 0.2) is 0 Å². The maximum absolute atomic E-state index is 11.0. The molecule has 2 aliphatic rings. The van der Waals surface area contributed by atoms with Crippen molar-refractivity contribution in [2.75, 3.05) is 26.2 Å². The number of hydrogen-bond acceptors (Lipinski definition) is 4. The molecule has 1 unspecified atom stereocenters. The second-order valence-corrected chi connectivity index (χ2v) is 5.74. The highest BCUT2D eigenvalue weighted by atomic mass is 16.4. The molecule has 5 nitrogen and oxygen atoms in total. The van der Waals surface area contributed by atoms with Crippen LogP contribution in [0.4, 0.5) is 0 Å². The molecule has 1 aromatic heterocycles. The third-order valence-corrected chi connectivity index (χ3v) is 4.33. The minimum Gasteiger partial charge on any atom is -0.477 e. The topological polar surface area (TPSA) is 56.7 Å². The molecule has 1 aromatic rings. The van der Waals surface area contributed by atoms with E-state index in [9.17, 15) is 4.79 Å². The molecule has 108 valence electrons. The van der Waals surface area contributed by atoms with E-state index in [1.807, 2.05) is 6.07 Å². The van der Waals surface area contributed by atoms with Crippen molar-refractivity contribution >= 4 is 5.97 Å². The largest absolute Gasteiger partial charge is 0.477 e. The summed E-state index contributed by atoms with van der Waals surface area (Å²) in [5.74, 6) is -0.955. The van der Waals surface area contributed by atoms with Gasteiger partial charge in [0.05, 0.1) is 5.69 Å². The average Bonchev–Trinajstić information content (AvgIpc) is 2.47. The van der Waals surface area contributed by atoms with Crippen molar-refractivity contribution in [1.29, 1.82) is 0 Å². The summed E-state index contributed by atoms with van der Waals surface area (Å²) in [7, 11) is 0. The monoisotopic (exact) mass is 275 g/mol. The third-order valence-electron chi connectivity index (χ3n) is 4.33. The summed E-state index contributed by atoms with van der Waals surface area (Å²) in [4.78, 5) is 20.2. The van der Waals surface area contributed by atoms with Crippen molar-refractivity contribution in [3.8, 4) is 0 Å². The molecule has 2 aliphatic heterocycles. The zero-order valence-electron chi connectivity index (χ0n) is 11.7. The molecule has 2 fully saturated rings. The molecule has 5 heteroatoms. The maximum Gasteiger partial charge on any atom is 0.354 e. The zero-order chi connectivity index (χ0) is 13.9. The number of piperidine rings is 1. The Kier molecular flexibility index (Phi) is 3.98. The molecule has 2 saturated heterocycles. The number of piperazine rings is 1. The number of carbonyl (C=O) groups is 1. The number of aromatic carboxylic acids is 1. The predicted octanol–water partition coefficient (Wildman–Crippen LogP) is 1.45. The Hall–Kier alpha value is -1.46. The standard InChI is InChI=1S/C15H21N3O2/c19-15(20)14-6-3-4-12(16-14)10-17-8-9-18-7-2-1-5-13(18)11-17/h3-4,6,13H,1-2,5,7-11H2,(H,19,20). The van der Waals surface area contributed by atoms with E-state index in [-0.39, 0.29) is 5.69 Å². The Morgan fingerprint density at radius 3 is 3.05 bits per heavy atom. The summed E-state index contributed by atoms with van der Waals surface area (Å²) in [5.41, 5.74) is 0.993. The van der Waals surface area contributed by atoms with Crippen LogP contribution < -0.4 is 0 Å². The molecule has 0 radical (unpaired) electrons. The van der Waals surface area contributed by atoms with Gasteiger partial charge < -0.3 is 5.11 Å². The molecule has 0 aromatic carbocycles. The summed E-state index contributed by atoms with van der Waals surface area (Å²) in [6.07, 6.45) is 3.96. The van der Waals surface area contributed by atoms with Crippen LogP contribution in [0, 0.1) is 0 Å². The van der Waals surface area contributed by atoms with E-state index in [0.717, 1.165) is 31.9 Å². The van der Waals surface area contributed by atoms with Gasteiger partial charge in [-0.15, -0.1) is 0 Å². The summed E-state index contributed by atoms with van der Waals surface area (Å²) >= 11 is 0. The van der Waals surface area contributed by atoms with Crippen molar-refractivity contribution < 1.29 is 9.90 Å². The number of aromatic nitrogens is 1. The van der Waals surface area contributed by atoms with E-state index in [1.165, 1.54) is 25.8 Å². The molecule has 0 saturated carbocycles. The normalized spacial score (nSPS) is 24.3. The van der Waals surface area contributed by atoms with Crippen LogP contribution >= 0.6 is 0 Å². The van der Waals surface area contributed by atoms with Crippen LogP contribution in [0.15, 0.2) is 18.2 Å². The number of carboxylic acids is 1. The van der Waals surface area contributed by atoms with Crippen molar-refractivity contribution in [3.63, 3.8) is 0 Å². The zero-order valence-corrected chi connectivity index (χ0v) is 11.7. The lowest BCUT2D eigenvalue weighted by atomic mass is 9.99. The fourth-order valence-corrected chi connectivity index (χ4v) is 3.28. The van der Waals surface area contributed by atoms with Crippen molar-refractivity contribution in [2.24, 2.45) is 0 Å². The SMILES string of the molecule is O=C(O)c1cccc(CN2CCN3CCCCC3C2)n1. The van der Waals surface area contributed by atoms with Gasteiger partial charge in [0, 0.05) is 32.2 Å². The number of hydrogen-bond donors (Lipinski definition) is 1. The molecule has 3 rings (SSSR count). The van der Waals surface area contributed by atoms with E-state index >= 15 is 0 Å². The number of fused-ring (bicyclic) bond motifs is 1. The summed E-state index contributed by atoms with van der Waals surface area (Å²) in [6, 6.07) is 5.92. The van der Waals surface area contributed by atoms with Crippen LogP contribution in [0.5, 0.6) is 0 Å². The van der Waals surface area contributed by atoms with Crippen molar-refractivity contribution in [2.45, 2.75) is 31.8 Å². The Morgan fingerprint density at radius 2 is 2.20 bits per heavy atom. The first-order chi connectivity index (χ1) is 9.72. The van der Waals surface area contributed by atoms with Gasteiger partial charge >= 0.3 is 5.97 Å². The second-order valence-electron chi connectivity index (χ2n) is 5.74. The molecule has 0 spiro atoms. The molecule has 20 heavy (non-hydrogen) atoms. The lowest BCUT2D eigenvalue weighted by Gasteiger charge is -2.44. The van der Waals surface area contributed by atoms with E-state index in [1.54, 1.807) is 12.1 Å². The van der Waals surface area contributed by atoms with Gasteiger partial charge in [-0.2, -0.15) is 0 Å². The van der Waals surface area contributed by atoms with Crippen LogP contribution in [0.25, 0.3) is 0 Å². The molecule has 1 N–H and O–H groups in total. The minimum absolute atomic E-state index is 0.138. The second kappa shape index (κ2) is 5.89. The molecular weight excluding hydrogens is 254 g/mol. The van der Waals surface area contributed by atoms with Crippen LogP contribution in [0.2, 0.25) is 0 Å². The van der Waals surface area contributed by atoms with E-state index in [0.29, 0.717) is 6.04 Å². The van der Waals surface area contributed by atoms with Gasteiger partial charge in [-0.1, -0.05) is 12.5 Å². The summed E-state index contributed by atoms with van der Waals surface area (Å²) < 4.78 is 0. The maximum atomic E-state index is 11.0. The highest BCUT2D eigenvalue weighted by Gasteiger charge is 2.28. The number of nitrogens with zero attached hydrogens (tertiary/aromatic N) is 3. The lowest BCUT2D eigenvalue weighted by molar-refractivity contribution is 0.0450. The summed E-state index contributed by atoms with van der Waals surface area (Å²) in [6.45, 7) is 5.26. The van der Waals surface area contributed by atoms with Gasteiger partial charge in [-0.3, -0.25) is 9.80 Å². The van der Waals surface area contributed by atoms with Crippen LogP contribution in [0.1, 0.15) is 35.4 Å². The Bertz CT molecular complexity index is 492. The first-order valence-corrected chi connectivity index (χ1v) is 7.38. The summed E-state index contributed by atoms with van der Waals surface area (Å²) in [5, 5.41) is 8.99. The smallest absolute Gasteiger partial charge is 0.354 e. The van der Waals surface area contributed by atoms with Gasteiger partial charge in [0.2, 0.25) is 0 Å². The third kappa shape index (κ3) is 2.99. The van der Waals surface area contributed by atoms with E-state index in [2.05, 4.69) is 14.8 Å². The van der Waals surface area contributed by atoms with Gasteiger partial charge in [-0.05, 0) is 31.5 Å². The lowest BCUT2D eigenvalue weighted by Crippen LogP contribution is -2.54. The van der Waals surface area contributed by atoms with Crippen LogP contribution in [-0.4, -0.2) is 58.1 Å². The number of rotatable bonds is 3. The van der Waals surface area contributed by atoms with E-state index < -0.39 is 5.97 Å². The van der Waals surface area contributed by atoms with Crippen LogP contribution in [-0.2, 0) is 6.54 Å². The van der Waals surface area contributed by atoms with E-state index in [4.69, 9.17) is 5.11 Å². The molecule has 0 amide bonds. The number of carboxylic acid groups (broad SMARTS) is 1. The molecular formula is C15H21N3O2. The van der Waals surface area contributed by atoms with Crippen molar-refractivity contribution in [1.82, 2.24) is 14.8 Å². The fraction of sp³-hybridized carbons (Fsp3) is 0.600.